The van der Waals surface area contributed by atoms with Crippen LogP contribution in [0.4, 0.5) is 0 Å². The summed E-state index contributed by atoms with van der Waals surface area (Å²) >= 11 is 0. The van der Waals surface area contributed by atoms with Gasteiger partial charge in [-0.25, -0.2) is 9.59 Å². The number of hydrogen-bond acceptors (Lipinski definition) is 7. The van der Waals surface area contributed by atoms with Crippen LogP contribution < -0.4 is 9.47 Å². The lowest BCUT2D eigenvalue weighted by molar-refractivity contribution is 0.0599. The molecule has 7 heteroatoms. The number of esters is 2. The van der Waals surface area contributed by atoms with Crippen LogP contribution in [-0.4, -0.2) is 37.7 Å². The Morgan fingerprint density at radius 2 is 1.38 bits per heavy atom. The monoisotopic (exact) mass is 463 g/mol. The van der Waals surface area contributed by atoms with E-state index in [-0.39, 0.29) is 11.1 Å². The molecule has 0 radical (unpaired) electrons. The lowest BCUT2D eigenvalue weighted by atomic mass is 9.92. The van der Waals surface area contributed by atoms with E-state index in [1.54, 1.807) is 32.0 Å². The molecule has 34 heavy (non-hydrogen) atoms. The molecule has 0 amide bonds. The highest BCUT2D eigenvalue weighted by Crippen LogP contribution is 2.38. The van der Waals surface area contributed by atoms with Crippen LogP contribution in [-0.2, 0) is 16.1 Å². The van der Waals surface area contributed by atoms with Crippen LogP contribution in [0.15, 0.2) is 42.5 Å². The maximum absolute atomic E-state index is 12.7. The minimum Gasteiger partial charge on any atom is -0.490 e. The van der Waals surface area contributed by atoms with Crippen molar-refractivity contribution >= 4 is 11.9 Å². The van der Waals surface area contributed by atoms with E-state index in [4.69, 9.17) is 18.9 Å². The van der Waals surface area contributed by atoms with Gasteiger partial charge in [-0.15, -0.1) is 0 Å². The molecule has 3 aromatic rings. The number of nitrogens with zero attached hydrogens (tertiary/aromatic N) is 1. The second kappa shape index (κ2) is 10.8. The molecule has 0 aliphatic carbocycles. The molecule has 0 saturated heterocycles. The number of pyridine rings is 1. The number of aromatic nitrogens is 1. The summed E-state index contributed by atoms with van der Waals surface area (Å²) in [6.45, 7) is 8.08. The lowest BCUT2D eigenvalue weighted by Gasteiger charge is -2.19. The maximum atomic E-state index is 12.7. The molecule has 1 heterocycles. The fourth-order valence-electron chi connectivity index (χ4n) is 3.74. The first-order valence-electron chi connectivity index (χ1n) is 10.9. The fraction of sp³-hybridized carbons (Fsp3) is 0.296. The standard InChI is InChI=1S/C27H29NO6/c1-7-33-22-14-20(12-13-21(22)34-15-19-10-8-16(2)9-11-19)25-23(26(29)31-5)17(3)28-18(4)24(25)27(30)32-6/h8-14H,7,15H2,1-6H3. The van der Waals surface area contributed by atoms with Crippen molar-refractivity contribution in [1.29, 1.82) is 0 Å². The van der Waals surface area contributed by atoms with Gasteiger partial charge in [-0.3, -0.25) is 4.98 Å². The minimum atomic E-state index is -0.595. The van der Waals surface area contributed by atoms with E-state index in [1.165, 1.54) is 19.8 Å². The van der Waals surface area contributed by atoms with E-state index >= 15 is 0 Å². The summed E-state index contributed by atoms with van der Waals surface area (Å²) in [6.07, 6.45) is 0. The summed E-state index contributed by atoms with van der Waals surface area (Å²) in [5, 5.41) is 0. The molecule has 0 unspecified atom stereocenters. The number of aryl methyl sites for hydroxylation is 3. The molecule has 0 bridgehead atoms. The van der Waals surface area contributed by atoms with Crippen molar-refractivity contribution in [3.05, 3.63) is 76.1 Å². The van der Waals surface area contributed by atoms with E-state index in [1.807, 2.05) is 38.1 Å². The topological polar surface area (TPSA) is 84.0 Å². The molecule has 7 nitrogen and oxygen atoms in total. The van der Waals surface area contributed by atoms with Crippen LogP contribution in [0, 0.1) is 20.8 Å². The van der Waals surface area contributed by atoms with Crippen LogP contribution in [0.25, 0.3) is 11.1 Å². The molecule has 1 aromatic heterocycles. The highest BCUT2D eigenvalue weighted by molar-refractivity contribution is 6.07. The normalized spacial score (nSPS) is 10.5. The zero-order valence-electron chi connectivity index (χ0n) is 20.4. The predicted molar refractivity (Wildman–Crippen MR) is 129 cm³/mol. The molecule has 178 valence electrons. The average Bonchev–Trinajstić information content (AvgIpc) is 2.83. The minimum absolute atomic E-state index is 0.198. The molecule has 0 atom stereocenters. The molecular formula is C27H29NO6. The van der Waals surface area contributed by atoms with Gasteiger partial charge in [-0.05, 0) is 51.0 Å². The van der Waals surface area contributed by atoms with Gasteiger partial charge in [0.1, 0.15) is 6.61 Å². The van der Waals surface area contributed by atoms with Gasteiger partial charge >= 0.3 is 11.9 Å². The van der Waals surface area contributed by atoms with Crippen molar-refractivity contribution in [2.24, 2.45) is 0 Å². The molecule has 2 aromatic carbocycles. The van der Waals surface area contributed by atoms with Gasteiger partial charge in [0.2, 0.25) is 0 Å². The number of ether oxygens (including phenoxy) is 4. The second-order valence-corrected chi connectivity index (χ2v) is 7.76. The number of carbonyl (C=O) groups is 2. The third kappa shape index (κ3) is 5.20. The molecule has 0 aliphatic heterocycles. The van der Waals surface area contributed by atoms with Crippen LogP contribution in [0.2, 0.25) is 0 Å². The summed E-state index contributed by atoms with van der Waals surface area (Å²) < 4.78 is 21.9. The van der Waals surface area contributed by atoms with E-state index < -0.39 is 11.9 Å². The Morgan fingerprint density at radius 1 is 0.794 bits per heavy atom. The van der Waals surface area contributed by atoms with Crippen molar-refractivity contribution in [2.75, 3.05) is 20.8 Å². The van der Waals surface area contributed by atoms with Gasteiger partial charge in [0, 0.05) is 5.56 Å². The summed E-state index contributed by atoms with van der Waals surface area (Å²) in [5.41, 5.74) is 4.46. The van der Waals surface area contributed by atoms with Crippen LogP contribution >= 0.6 is 0 Å². The third-order valence-corrected chi connectivity index (χ3v) is 5.39. The number of benzene rings is 2. The fourth-order valence-corrected chi connectivity index (χ4v) is 3.74. The van der Waals surface area contributed by atoms with E-state index in [0.717, 1.165) is 5.56 Å². The summed E-state index contributed by atoms with van der Waals surface area (Å²) in [6, 6.07) is 13.4. The lowest BCUT2D eigenvalue weighted by Crippen LogP contribution is -2.16. The number of methoxy groups -OCH3 is 2. The molecule has 0 saturated carbocycles. The van der Waals surface area contributed by atoms with Crippen LogP contribution in [0.1, 0.15) is 50.2 Å². The molecule has 0 fully saturated rings. The highest BCUT2D eigenvalue weighted by Gasteiger charge is 2.28. The smallest absolute Gasteiger partial charge is 0.340 e. The van der Waals surface area contributed by atoms with E-state index in [9.17, 15) is 9.59 Å². The largest absolute Gasteiger partial charge is 0.490 e. The first-order valence-corrected chi connectivity index (χ1v) is 10.9. The Hall–Kier alpha value is -3.87. The zero-order chi connectivity index (χ0) is 24.8. The van der Waals surface area contributed by atoms with Gasteiger partial charge in [-0.2, -0.15) is 0 Å². The van der Waals surface area contributed by atoms with Crippen molar-refractivity contribution < 1.29 is 28.5 Å². The zero-order valence-corrected chi connectivity index (χ0v) is 20.4. The quantitative estimate of drug-likeness (QED) is 0.423. The first kappa shape index (κ1) is 24.8. The molecular weight excluding hydrogens is 434 g/mol. The van der Waals surface area contributed by atoms with Crippen LogP contribution in [0.3, 0.4) is 0 Å². The van der Waals surface area contributed by atoms with Gasteiger partial charge in [0.25, 0.3) is 0 Å². The third-order valence-electron chi connectivity index (χ3n) is 5.39. The molecule has 3 rings (SSSR count). The average molecular weight is 464 g/mol. The molecule has 0 aliphatic rings. The predicted octanol–water partition coefficient (Wildman–Crippen LogP) is 5.22. The highest BCUT2D eigenvalue weighted by atomic mass is 16.5. The first-order chi connectivity index (χ1) is 16.3. The Balaban J connectivity index is 2.13. The number of hydrogen-bond donors (Lipinski definition) is 0. The Bertz CT molecular complexity index is 1160. The summed E-state index contributed by atoms with van der Waals surface area (Å²) in [7, 11) is 2.58. The summed E-state index contributed by atoms with van der Waals surface area (Å²) in [5.74, 6) is -0.149. The Morgan fingerprint density at radius 3 is 1.91 bits per heavy atom. The van der Waals surface area contributed by atoms with Crippen molar-refractivity contribution in [3.8, 4) is 22.6 Å². The van der Waals surface area contributed by atoms with Gasteiger partial charge in [0.15, 0.2) is 11.5 Å². The van der Waals surface area contributed by atoms with Crippen LogP contribution in [0.5, 0.6) is 11.5 Å². The summed E-state index contributed by atoms with van der Waals surface area (Å²) in [4.78, 5) is 29.8. The number of rotatable bonds is 8. The van der Waals surface area contributed by atoms with Crippen molar-refractivity contribution in [3.63, 3.8) is 0 Å². The van der Waals surface area contributed by atoms with E-state index in [2.05, 4.69) is 4.98 Å². The molecule has 0 N–H and O–H groups in total. The second-order valence-electron chi connectivity index (χ2n) is 7.76. The Labute approximate surface area is 199 Å². The van der Waals surface area contributed by atoms with Crippen molar-refractivity contribution in [1.82, 2.24) is 4.98 Å². The SMILES string of the molecule is CCOc1cc(-c2c(C(=O)OC)c(C)nc(C)c2C(=O)OC)ccc1OCc1ccc(C)cc1. The number of carbonyl (C=O) groups excluding carboxylic acids is 2. The van der Waals surface area contributed by atoms with E-state index in [0.29, 0.717) is 47.2 Å². The van der Waals surface area contributed by atoms with Gasteiger partial charge in [-0.1, -0.05) is 35.9 Å². The van der Waals surface area contributed by atoms with Crippen molar-refractivity contribution in [2.45, 2.75) is 34.3 Å². The molecule has 0 spiro atoms. The Kier molecular flexibility index (Phi) is 7.89. The van der Waals surface area contributed by atoms with Gasteiger partial charge < -0.3 is 18.9 Å². The maximum Gasteiger partial charge on any atom is 0.340 e. The van der Waals surface area contributed by atoms with Gasteiger partial charge in [0.05, 0.1) is 43.3 Å².